The zero-order chi connectivity index (χ0) is 10.5. The van der Waals surface area contributed by atoms with Crippen LogP contribution < -0.4 is 5.69 Å². The van der Waals surface area contributed by atoms with Gasteiger partial charge in [0.25, 0.3) is 0 Å². The molecule has 0 amide bonds. The molecular weight excluding hydrogens is 359 g/mol. The number of rotatable bonds is 0. The van der Waals surface area contributed by atoms with E-state index in [0.717, 1.165) is 19.1 Å². The van der Waals surface area contributed by atoms with Crippen molar-refractivity contribution < 1.29 is 0 Å². The summed E-state index contributed by atoms with van der Waals surface area (Å²) < 4.78 is 5.43. The first-order chi connectivity index (χ1) is 6.52. The number of halogens is 2. The van der Waals surface area contributed by atoms with Gasteiger partial charge in [0.05, 0.1) is 11.0 Å². The first-order valence-electron chi connectivity index (χ1n) is 4.03. The molecule has 14 heavy (non-hydrogen) atoms. The van der Waals surface area contributed by atoms with E-state index in [1.54, 1.807) is 23.2 Å². The van der Waals surface area contributed by atoms with Gasteiger partial charge in [-0.1, -0.05) is 0 Å². The molecule has 0 saturated carbocycles. The van der Waals surface area contributed by atoms with Crippen LogP contribution in [0.5, 0.6) is 0 Å². The molecule has 0 saturated heterocycles. The SMILES string of the molecule is Cn1c(=O)n(C)c2cc(I)c(Br)cc21. The fraction of sp³-hybridized carbons (Fsp3) is 0.222. The Bertz CT molecular complexity index is 522. The van der Waals surface area contributed by atoms with Crippen molar-refractivity contribution in [1.82, 2.24) is 9.13 Å². The quantitative estimate of drug-likeness (QED) is 0.657. The molecule has 0 aliphatic rings. The molecule has 0 radical (unpaired) electrons. The van der Waals surface area contributed by atoms with Crippen LogP contribution in [0.15, 0.2) is 21.4 Å². The lowest BCUT2D eigenvalue weighted by atomic mass is 10.3. The number of imidazole rings is 1. The van der Waals surface area contributed by atoms with Gasteiger partial charge in [-0.05, 0) is 50.7 Å². The van der Waals surface area contributed by atoms with Gasteiger partial charge in [0.1, 0.15) is 0 Å². The van der Waals surface area contributed by atoms with Crippen molar-refractivity contribution in [3.63, 3.8) is 0 Å². The number of aromatic nitrogens is 2. The van der Waals surface area contributed by atoms with E-state index in [-0.39, 0.29) is 5.69 Å². The maximum atomic E-state index is 11.6. The molecule has 2 rings (SSSR count). The second-order valence-corrected chi connectivity index (χ2v) is 5.17. The lowest BCUT2D eigenvalue weighted by molar-refractivity contribution is 0.795. The highest BCUT2D eigenvalue weighted by Crippen LogP contribution is 2.24. The molecule has 0 aliphatic heterocycles. The summed E-state index contributed by atoms with van der Waals surface area (Å²) in [5.41, 5.74) is 1.92. The molecular formula is C9H8BrIN2O. The summed E-state index contributed by atoms with van der Waals surface area (Å²) in [6, 6.07) is 3.97. The molecule has 0 unspecified atom stereocenters. The van der Waals surface area contributed by atoms with Crippen molar-refractivity contribution in [2.75, 3.05) is 0 Å². The fourth-order valence-electron chi connectivity index (χ4n) is 1.49. The van der Waals surface area contributed by atoms with E-state index >= 15 is 0 Å². The number of benzene rings is 1. The lowest BCUT2D eigenvalue weighted by Crippen LogP contribution is -2.19. The molecule has 1 aromatic heterocycles. The Morgan fingerprint density at radius 1 is 1.21 bits per heavy atom. The van der Waals surface area contributed by atoms with Gasteiger partial charge in [-0.25, -0.2) is 4.79 Å². The molecule has 1 heterocycles. The number of hydrogen-bond donors (Lipinski definition) is 0. The lowest BCUT2D eigenvalue weighted by Gasteiger charge is -1.98. The normalized spacial score (nSPS) is 11.1. The predicted molar refractivity (Wildman–Crippen MR) is 68.6 cm³/mol. The summed E-state index contributed by atoms with van der Waals surface area (Å²) in [5, 5.41) is 0. The van der Waals surface area contributed by atoms with Gasteiger partial charge >= 0.3 is 5.69 Å². The van der Waals surface area contributed by atoms with Crippen LogP contribution in [0.3, 0.4) is 0 Å². The Hall–Kier alpha value is -0.300. The van der Waals surface area contributed by atoms with Crippen LogP contribution in [0.4, 0.5) is 0 Å². The molecule has 0 spiro atoms. The fourth-order valence-corrected chi connectivity index (χ4v) is 2.28. The third kappa shape index (κ3) is 1.33. The number of aryl methyl sites for hydroxylation is 2. The van der Waals surface area contributed by atoms with Crippen LogP contribution in [-0.4, -0.2) is 9.13 Å². The van der Waals surface area contributed by atoms with Gasteiger partial charge in [-0.15, -0.1) is 0 Å². The zero-order valence-electron chi connectivity index (χ0n) is 7.71. The topological polar surface area (TPSA) is 26.9 Å². The molecule has 0 atom stereocenters. The van der Waals surface area contributed by atoms with Crippen LogP contribution in [0.25, 0.3) is 11.0 Å². The zero-order valence-corrected chi connectivity index (χ0v) is 11.5. The summed E-state index contributed by atoms with van der Waals surface area (Å²) in [5.74, 6) is 0. The highest BCUT2D eigenvalue weighted by atomic mass is 127. The molecule has 0 N–H and O–H groups in total. The van der Waals surface area contributed by atoms with Gasteiger partial charge in [0.15, 0.2) is 0 Å². The van der Waals surface area contributed by atoms with E-state index in [1.165, 1.54) is 0 Å². The minimum absolute atomic E-state index is 0.00824. The average molecular weight is 367 g/mol. The van der Waals surface area contributed by atoms with Crippen LogP contribution in [0, 0.1) is 3.57 Å². The van der Waals surface area contributed by atoms with Crippen LogP contribution in [0.1, 0.15) is 0 Å². The van der Waals surface area contributed by atoms with Crippen molar-refractivity contribution >= 4 is 49.6 Å². The Kier molecular flexibility index (Phi) is 2.46. The summed E-state index contributed by atoms with van der Waals surface area (Å²) in [6.45, 7) is 0. The molecule has 2 aromatic rings. The highest BCUT2D eigenvalue weighted by molar-refractivity contribution is 14.1. The van der Waals surface area contributed by atoms with E-state index in [4.69, 9.17) is 0 Å². The summed E-state index contributed by atoms with van der Waals surface area (Å²) in [7, 11) is 3.57. The van der Waals surface area contributed by atoms with Gasteiger partial charge in [-0.3, -0.25) is 9.13 Å². The third-order valence-electron chi connectivity index (χ3n) is 2.31. The van der Waals surface area contributed by atoms with Crippen molar-refractivity contribution in [1.29, 1.82) is 0 Å². The second-order valence-electron chi connectivity index (χ2n) is 3.16. The number of fused-ring (bicyclic) bond motifs is 1. The Morgan fingerprint density at radius 2 is 1.71 bits per heavy atom. The highest BCUT2D eigenvalue weighted by Gasteiger charge is 2.09. The molecule has 0 bridgehead atoms. The number of hydrogen-bond acceptors (Lipinski definition) is 1. The van der Waals surface area contributed by atoms with Crippen LogP contribution in [-0.2, 0) is 14.1 Å². The second kappa shape index (κ2) is 3.37. The van der Waals surface area contributed by atoms with E-state index in [0.29, 0.717) is 0 Å². The van der Waals surface area contributed by atoms with E-state index < -0.39 is 0 Å². The van der Waals surface area contributed by atoms with Gasteiger partial charge < -0.3 is 0 Å². The van der Waals surface area contributed by atoms with Crippen molar-refractivity contribution in [2.45, 2.75) is 0 Å². The Labute approximate surface area is 103 Å². The smallest absolute Gasteiger partial charge is 0.295 e. The van der Waals surface area contributed by atoms with Gasteiger partial charge in [0, 0.05) is 22.1 Å². The number of nitrogens with zero attached hydrogens (tertiary/aromatic N) is 2. The Balaban J connectivity index is 3.04. The molecule has 5 heteroatoms. The van der Waals surface area contributed by atoms with Crippen LogP contribution in [0.2, 0.25) is 0 Å². The maximum Gasteiger partial charge on any atom is 0.328 e. The first-order valence-corrected chi connectivity index (χ1v) is 5.90. The van der Waals surface area contributed by atoms with Gasteiger partial charge in [0.2, 0.25) is 0 Å². The Morgan fingerprint density at radius 3 is 2.29 bits per heavy atom. The van der Waals surface area contributed by atoms with Gasteiger partial charge in [-0.2, -0.15) is 0 Å². The standard InChI is InChI=1S/C9H8BrIN2O/c1-12-7-3-5(10)6(11)4-8(7)13(2)9(12)14/h3-4H,1-2H3. The minimum Gasteiger partial charge on any atom is -0.295 e. The third-order valence-corrected chi connectivity index (χ3v) is 4.60. The maximum absolute atomic E-state index is 11.6. The average Bonchev–Trinajstić information content (AvgIpc) is 2.34. The van der Waals surface area contributed by atoms with Crippen molar-refractivity contribution in [3.05, 3.63) is 30.7 Å². The molecule has 0 fully saturated rings. The summed E-state index contributed by atoms with van der Waals surface area (Å²) in [4.78, 5) is 11.6. The van der Waals surface area contributed by atoms with E-state index in [9.17, 15) is 4.79 Å². The molecule has 0 aliphatic carbocycles. The summed E-state index contributed by atoms with van der Waals surface area (Å²) >= 11 is 5.69. The molecule has 1 aromatic carbocycles. The monoisotopic (exact) mass is 366 g/mol. The van der Waals surface area contributed by atoms with Crippen molar-refractivity contribution in [3.8, 4) is 0 Å². The van der Waals surface area contributed by atoms with Crippen molar-refractivity contribution in [2.24, 2.45) is 14.1 Å². The van der Waals surface area contributed by atoms with E-state index in [1.807, 2.05) is 12.1 Å². The van der Waals surface area contributed by atoms with E-state index in [2.05, 4.69) is 38.5 Å². The summed E-state index contributed by atoms with van der Waals surface area (Å²) in [6.07, 6.45) is 0. The largest absolute Gasteiger partial charge is 0.328 e. The minimum atomic E-state index is 0.00824. The first kappa shape index (κ1) is 10.2. The van der Waals surface area contributed by atoms with Crippen LogP contribution >= 0.6 is 38.5 Å². The molecule has 3 nitrogen and oxygen atoms in total. The molecule has 74 valence electrons. The predicted octanol–water partition coefficient (Wildman–Crippen LogP) is 2.24.